The summed E-state index contributed by atoms with van der Waals surface area (Å²) in [5.41, 5.74) is 2.64. The molecule has 24 heavy (non-hydrogen) atoms. The lowest BCUT2D eigenvalue weighted by Gasteiger charge is -2.07. The monoisotopic (exact) mass is 302 g/mol. The number of hydrogen-bond acceptors (Lipinski definition) is 0. The van der Waals surface area contributed by atoms with Crippen LogP contribution in [0.15, 0.2) is 60.7 Å². The zero-order chi connectivity index (χ0) is 15.7. The van der Waals surface area contributed by atoms with Crippen LogP contribution in [0.25, 0.3) is 56.6 Å². The van der Waals surface area contributed by atoms with Crippen LogP contribution in [0.5, 0.6) is 0 Å². The summed E-state index contributed by atoms with van der Waals surface area (Å²) >= 11 is 0. The predicted molar refractivity (Wildman–Crippen MR) is 105 cm³/mol. The minimum absolute atomic E-state index is 1.31. The standard InChI is InChI=1S/C24H14/c1-3-15-7-19-11-23-13-21-9-17-5-2-6-18(17)10-22(21)14-24(23)12-20(19)8-16(15)4-1/h1-14H. The predicted octanol–water partition coefficient (Wildman–Crippen LogP) is 4.76. The number of allylic oxidation sites excluding steroid dienone is 2. The van der Waals surface area contributed by atoms with Crippen molar-refractivity contribution in [3.8, 4) is 0 Å². The molecule has 0 heterocycles. The molecular weight excluding hydrogens is 288 g/mol. The molecule has 0 saturated heterocycles. The van der Waals surface area contributed by atoms with Gasteiger partial charge in [0.2, 0.25) is 0 Å². The maximum Gasteiger partial charge on any atom is -0.0171 e. The van der Waals surface area contributed by atoms with Gasteiger partial charge in [0.1, 0.15) is 0 Å². The molecule has 0 fully saturated rings. The summed E-state index contributed by atoms with van der Waals surface area (Å²) in [6, 6.07) is 18.5. The van der Waals surface area contributed by atoms with Gasteiger partial charge in [0, 0.05) is 0 Å². The SMILES string of the molecule is C1=Cc2cc3cc4cc5cc6c(cc5cc4cc3cc2=C1)C=CC=6. The summed E-state index contributed by atoms with van der Waals surface area (Å²) in [7, 11) is 0. The quantitative estimate of drug-likeness (QED) is 0.411. The van der Waals surface area contributed by atoms with Crippen molar-refractivity contribution in [2.45, 2.75) is 0 Å². The van der Waals surface area contributed by atoms with Crippen LogP contribution in [-0.4, -0.2) is 0 Å². The van der Waals surface area contributed by atoms with E-state index in [-0.39, 0.29) is 0 Å². The lowest BCUT2D eigenvalue weighted by molar-refractivity contribution is 1.64. The van der Waals surface area contributed by atoms with Crippen LogP contribution in [0.3, 0.4) is 0 Å². The molecule has 0 saturated carbocycles. The van der Waals surface area contributed by atoms with Gasteiger partial charge in [-0.05, 0) is 102 Å². The van der Waals surface area contributed by atoms with Gasteiger partial charge in [-0.3, -0.25) is 0 Å². The normalized spacial score (nSPS) is 14.2. The first-order chi connectivity index (χ1) is 11.8. The van der Waals surface area contributed by atoms with Gasteiger partial charge in [0.05, 0.1) is 0 Å². The zero-order valence-electron chi connectivity index (χ0n) is 13.1. The highest BCUT2D eigenvalue weighted by atomic mass is 14.1. The minimum atomic E-state index is 1.31. The molecular formula is C24H14. The largest absolute Gasteiger partial charge is 0.0610 e. The van der Waals surface area contributed by atoms with Crippen molar-refractivity contribution in [2.24, 2.45) is 0 Å². The van der Waals surface area contributed by atoms with Crippen LogP contribution >= 0.6 is 0 Å². The summed E-state index contributed by atoms with van der Waals surface area (Å²) in [6.07, 6.45) is 13.0. The Kier molecular flexibility index (Phi) is 2.18. The van der Waals surface area contributed by atoms with E-state index < -0.39 is 0 Å². The second-order valence-corrected chi connectivity index (χ2v) is 6.76. The Bertz CT molecular complexity index is 1270. The lowest BCUT2D eigenvalue weighted by Crippen LogP contribution is -2.01. The van der Waals surface area contributed by atoms with Gasteiger partial charge in [-0.25, -0.2) is 0 Å². The van der Waals surface area contributed by atoms with E-state index in [1.54, 1.807) is 0 Å². The molecule has 0 heteroatoms. The highest BCUT2D eigenvalue weighted by Gasteiger charge is 2.06. The molecule has 6 rings (SSSR count). The molecule has 0 spiro atoms. The topological polar surface area (TPSA) is 0 Å². The highest BCUT2D eigenvalue weighted by Crippen LogP contribution is 2.28. The zero-order valence-corrected chi connectivity index (χ0v) is 13.1. The van der Waals surface area contributed by atoms with E-state index in [9.17, 15) is 0 Å². The maximum atomic E-state index is 2.33. The smallest absolute Gasteiger partial charge is 0.0171 e. The number of benzene rings is 4. The molecule has 0 radical (unpaired) electrons. The number of rotatable bonds is 0. The fourth-order valence-electron chi connectivity index (χ4n) is 4.01. The van der Waals surface area contributed by atoms with E-state index in [0.717, 1.165) is 0 Å². The molecule has 110 valence electrons. The average molecular weight is 302 g/mol. The molecule has 0 amide bonds. The second-order valence-electron chi connectivity index (χ2n) is 6.76. The lowest BCUT2D eigenvalue weighted by atomic mass is 9.97. The van der Waals surface area contributed by atoms with E-state index in [0.29, 0.717) is 0 Å². The van der Waals surface area contributed by atoms with Gasteiger partial charge in [-0.2, -0.15) is 0 Å². The molecule has 0 atom stereocenters. The molecule has 0 aliphatic heterocycles. The third-order valence-corrected chi connectivity index (χ3v) is 5.26. The van der Waals surface area contributed by atoms with Crippen LogP contribution in [-0.2, 0) is 0 Å². The van der Waals surface area contributed by atoms with Gasteiger partial charge in [-0.1, -0.05) is 36.5 Å². The Morgan fingerprint density at radius 2 is 0.750 bits per heavy atom. The van der Waals surface area contributed by atoms with Crippen molar-refractivity contribution in [1.82, 2.24) is 0 Å². The van der Waals surface area contributed by atoms with E-state index >= 15 is 0 Å². The Morgan fingerprint density at radius 3 is 1.21 bits per heavy atom. The fraction of sp³-hybridized carbons (Fsp3) is 0. The molecule has 0 unspecified atom stereocenters. The van der Waals surface area contributed by atoms with Crippen molar-refractivity contribution in [2.75, 3.05) is 0 Å². The van der Waals surface area contributed by atoms with Gasteiger partial charge in [0.15, 0.2) is 0 Å². The third kappa shape index (κ3) is 1.63. The first-order valence-electron chi connectivity index (χ1n) is 8.36. The van der Waals surface area contributed by atoms with Crippen molar-refractivity contribution < 1.29 is 0 Å². The summed E-state index contributed by atoms with van der Waals surface area (Å²) in [5.74, 6) is 0. The Balaban J connectivity index is 1.73. The van der Waals surface area contributed by atoms with Crippen LogP contribution in [0, 0.1) is 0 Å². The first-order valence-corrected chi connectivity index (χ1v) is 8.36. The molecule has 0 aromatic heterocycles. The third-order valence-electron chi connectivity index (χ3n) is 5.26. The van der Waals surface area contributed by atoms with Crippen LogP contribution < -0.4 is 10.4 Å². The number of hydrogen-bond donors (Lipinski definition) is 0. The minimum Gasteiger partial charge on any atom is -0.0610 e. The van der Waals surface area contributed by atoms with Crippen LogP contribution in [0.1, 0.15) is 11.1 Å². The van der Waals surface area contributed by atoms with Crippen molar-refractivity contribution in [3.05, 3.63) is 82.2 Å². The average Bonchev–Trinajstić information content (AvgIpc) is 3.22. The van der Waals surface area contributed by atoms with Crippen molar-refractivity contribution >= 4 is 56.6 Å². The summed E-state index contributed by atoms with van der Waals surface area (Å²) in [4.78, 5) is 0. The van der Waals surface area contributed by atoms with E-state index in [2.05, 4.69) is 85.0 Å². The number of fused-ring (bicyclic) bond motifs is 5. The Hall–Kier alpha value is -3.12. The molecule has 4 aromatic rings. The molecule has 0 nitrogen and oxygen atoms in total. The molecule has 2 aliphatic carbocycles. The van der Waals surface area contributed by atoms with Gasteiger partial charge >= 0.3 is 0 Å². The summed E-state index contributed by atoms with van der Waals surface area (Å²) < 4.78 is 0. The summed E-state index contributed by atoms with van der Waals surface area (Å²) in [6.45, 7) is 0. The Labute approximate surface area is 139 Å². The molecule has 2 aliphatic rings. The van der Waals surface area contributed by atoms with E-state index in [4.69, 9.17) is 0 Å². The van der Waals surface area contributed by atoms with Crippen molar-refractivity contribution in [3.63, 3.8) is 0 Å². The fourth-order valence-corrected chi connectivity index (χ4v) is 4.01. The van der Waals surface area contributed by atoms with Crippen LogP contribution in [0.4, 0.5) is 0 Å². The van der Waals surface area contributed by atoms with E-state index in [1.807, 2.05) is 0 Å². The van der Waals surface area contributed by atoms with Gasteiger partial charge < -0.3 is 0 Å². The molecule has 4 aromatic carbocycles. The Morgan fingerprint density at radius 1 is 0.375 bits per heavy atom. The molecule has 0 bridgehead atoms. The highest BCUT2D eigenvalue weighted by molar-refractivity contribution is 6.05. The molecule has 0 N–H and O–H groups in total. The van der Waals surface area contributed by atoms with Gasteiger partial charge in [0.25, 0.3) is 0 Å². The second kappa shape index (κ2) is 4.24. The first kappa shape index (κ1) is 12.3. The van der Waals surface area contributed by atoms with Crippen LogP contribution in [0.2, 0.25) is 0 Å². The summed E-state index contributed by atoms with van der Waals surface area (Å²) in [5, 5.41) is 10.5. The maximum absolute atomic E-state index is 2.33. The van der Waals surface area contributed by atoms with E-state index in [1.165, 1.54) is 53.9 Å². The van der Waals surface area contributed by atoms with Gasteiger partial charge in [-0.15, -0.1) is 0 Å². The van der Waals surface area contributed by atoms with Crippen molar-refractivity contribution in [1.29, 1.82) is 0 Å².